The molecule has 0 amide bonds. The number of rotatable bonds is 3. The molecule has 0 aliphatic heterocycles. The lowest BCUT2D eigenvalue weighted by atomic mass is 10.1. The minimum absolute atomic E-state index is 0.0721. The van der Waals surface area contributed by atoms with Gasteiger partial charge in [0.05, 0.1) is 7.11 Å². The molecule has 1 aromatic rings. The smallest absolute Gasteiger partial charge is 0.354 e. The van der Waals surface area contributed by atoms with E-state index in [2.05, 4.69) is 35.8 Å². The molecular formula is C11H18N2O2. The fraction of sp³-hybridized carbons (Fsp3) is 0.545. The Hall–Kier alpha value is -1.29. The average molecular weight is 210 g/mol. The number of ether oxygens (including phenoxy) is 1. The summed E-state index contributed by atoms with van der Waals surface area (Å²) >= 11 is 0. The van der Waals surface area contributed by atoms with Crippen molar-refractivity contribution in [2.24, 2.45) is 0 Å². The second kappa shape index (κ2) is 4.49. The number of hydrogen-bond acceptors (Lipinski definition) is 3. The van der Waals surface area contributed by atoms with E-state index < -0.39 is 0 Å². The first-order chi connectivity index (χ1) is 6.92. The number of nitrogens with one attached hydrogen (secondary N) is 2. The zero-order chi connectivity index (χ0) is 11.5. The lowest BCUT2D eigenvalue weighted by Crippen LogP contribution is -2.34. The highest BCUT2D eigenvalue weighted by Gasteiger charge is 2.11. The van der Waals surface area contributed by atoms with Gasteiger partial charge in [-0.25, -0.2) is 4.79 Å². The van der Waals surface area contributed by atoms with Crippen molar-refractivity contribution in [3.8, 4) is 0 Å². The highest BCUT2D eigenvalue weighted by molar-refractivity contribution is 5.87. The Morgan fingerprint density at radius 3 is 2.73 bits per heavy atom. The first kappa shape index (κ1) is 11.8. The van der Waals surface area contributed by atoms with Gasteiger partial charge < -0.3 is 15.0 Å². The van der Waals surface area contributed by atoms with Gasteiger partial charge in [0.2, 0.25) is 0 Å². The van der Waals surface area contributed by atoms with Crippen LogP contribution in [0.15, 0.2) is 12.3 Å². The second-order valence-corrected chi connectivity index (χ2v) is 4.52. The molecule has 0 spiro atoms. The summed E-state index contributed by atoms with van der Waals surface area (Å²) in [5.74, 6) is -0.336. The average Bonchev–Trinajstić information content (AvgIpc) is 2.61. The lowest BCUT2D eigenvalue weighted by Gasteiger charge is -2.19. The van der Waals surface area contributed by atoms with E-state index in [1.165, 1.54) is 7.11 Å². The molecule has 1 heterocycles. The van der Waals surface area contributed by atoms with E-state index in [0.717, 1.165) is 12.1 Å². The summed E-state index contributed by atoms with van der Waals surface area (Å²) in [7, 11) is 1.37. The molecule has 2 N–H and O–H groups in total. The van der Waals surface area contributed by atoms with Crippen molar-refractivity contribution in [1.29, 1.82) is 0 Å². The first-order valence-corrected chi connectivity index (χ1v) is 4.93. The summed E-state index contributed by atoms with van der Waals surface area (Å²) in [6.45, 7) is 7.03. The van der Waals surface area contributed by atoms with E-state index in [4.69, 9.17) is 0 Å². The molecular weight excluding hydrogens is 192 g/mol. The maximum Gasteiger partial charge on any atom is 0.354 e. The van der Waals surface area contributed by atoms with Gasteiger partial charge in [0, 0.05) is 18.3 Å². The molecule has 0 bridgehead atoms. The van der Waals surface area contributed by atoms with Crippen LogP contribution in [0.2, 0.25) is 0 Å². The summed E-state index contributed by atoms with van der Waals surface area (Å²) in [5.41, 5.74) is 1.61. The third kappa shape index (κ3) is 3.75. The molecule has 0 atom stereocenters. The molecule has 0 aromatic carbocycles. The molecule has 4 heteroatoms. The predicted molar refractivity (Wildman–Crippen MR) is 58.7 cm³/mol. The molecule has 1 rings (SSSR count). The molecule has 0 saturated carbocycles. The number of hydrogen-bond donors (Lipinski definition) is 2. The van der Waals surface area contributed by atoms with Crippen molar-refractivity contribution >= 4 is 5.97 Å². The molecule has 1 aromatic heterocycles. The van der Waals surface area contributed by atoms with Crippen molar-refractivity contribution in [2.45, 2.75) is 32.9 Å². The number of aromatic nitrogens is 1. The van der Waals surface area contributed by atoms with Crippen molar-refractivity contribution in [2.75, 3.05) is 7.11 Å². The van der Waals surface area contributed by atoms with Gasteiger partial charge in [-0.05, 0) is 32.4 Å². The monoisotopic (exact) mass is 210 g/mol. The van der Waals surface area contributed by atoms with E-state index in [9.17, 15) is 4.79 Å². The highest BCUT2D eigenvalue weighted by Crippen LogP contribution is 2.07. The van der Waals surface area contributed by atoms with E-state index in [0.29, 0.717) is 5.69 Å². The van der Waals surface area contributed by atoms with E-state index in [-0.39, 0.29) is 11.5 Å². The number of aromatic amines is 1. The van der Waals surface area contributed by atoms with Crippen molar-refractivity contribution in [3.63, 3.8) is 0 Å². The summed E-state index contributed by atoms with van der Waals surface area (Å²) < 4.78 is 4.60. The Morgan fingerprint density at radius 1 is 1.53 bits per heavy atom. The van der Waals surface area contributed by atoms with Gasteiger partial charge >= 0.3 is 5.97 Å². The zero-order valence-electron chi connectivity index (χ0n) is 9.68. The largest absolute Gasteiger partial charge is 0.464 e. The minimum Gasteiger partial charge on any atom is -0.464 e. The molecule has 0 unspecified atom stereocenters. The number of H-pyrrole nitrogens is 1. The Balaban J connectivity index is 2.57. The van der Waals surface area contributed by atoms with Crippen molar-refractivity contribution in [1.82, 2.24) is 10.3 Å². The van der Waals surface area contributed by atoms with Crippen LogP contribution in [-0.4, -0.2) is 23.6 Å². The molecule has 0 fully saturated rings. The Kier molecular flexibility index (Phi) is 3.52. The van der Waals surface area contributed by atoms with E-state index in [1.54, 1.807) is 6.07 Å². The van der Waals surface area contributed by atoms with Gasteiger partial charge in [0.25, 0.3) is 0 Å². The topological polar surface area (TPSA) is 54.1 Å². The summed E-state index contributed by atoms with van der Waals surface area (Å²) in [5, 5.41) is 3.34. The van der Waals surface area contributed by atoms with Gasteiger partial charge in [0.15, 0.2) is 0 Å². The highest BCUT2D eigenvalue weighted by atomic mass is 16.5. The lowest BCUT2D eigenvalue weighted by molar-refractivity contribution is 0.0595. The summed E-state index contributed by atoms with van der Waals surface area (Å²) in [6.07, 6.45) is 1.81. The Morgan fingerprint density at radius 2 is 2.20 bits per heavy atom. The van der Waals surface area contributed by atoms with Crippen LogP contribution in [0.1, 0.15) is 36.8 Å². The minimum atomic E-state index is -0.336. The molecule has 0 radical (unpaired) electrons. The van der Waals surface area contributed by atoms with Crippen LogP contribution in [0.5, 0.6) is 0 Å². The predicted octanol–water partition coefficient (Wildman–Crippen LogP) is 1.69. The first-order valence-electron chi connectivity index (χ1n) is 4.93. The number of carbonyl (C=O) groups excluding carboxylic acids is 1. The third-order valence-corrected chi connectivity index (χ3v) is 1.97. The molecule has 15 heavy (non-hydrogen) atoms. The van der Waals surface area contributed by atoms with Gasteiger partial charge in [0.1, 0.15) is 5.69 Å². The SMILES string of the molecule is COC(=O)c1cc(CNC(C)(C)C)c[nH]1. The van der Waals surface area contributed by atoms with Crippen LogP contribution < -0.4 is 5.32 Å². The maximum absolute atomic E-state index is 11.2. The van der Waals surface area contributed by atoms with E-state index >= 15 is 0 Å². The Labute approximate surface area is 90.0 Å². The maximum atomic E-state index is 11.2. The van der Waals surface area contributed by atoms with Gasteiger partial charge in [-0.2, -0.15) is 0 Å². The molecule has 4 nitrogen and oxygen atoms in total. The van der Waals surface area contributed by atoms with Crippen molar-refractivity contribution in [3.05, 3.63) is 23.5 Å². The molecule has 0 aliphatic rings. The molecule has 0 saturated heterocycles. The second-order valence-electron chi connectivity index (χ2n) is 4.52. The quantitative estimate of drug-likeness (QED) is 0.746. The fourth-order valence-corrected chi connectivity index (χ4v) is 1.14. The van der Waals surface area contributed by atoms with Crippen LogP contribution in [0.25, 0.3) is 0 Å². The van der Waals surface area contributed by atoms with Crippen LogP contribution >= 0.6 is 0 Å². The zero-order valence-corrected chi connectivity index (χ0v) is 9.68. The number of carbonyl (C=O) groups is 1. The van der Waals surface area contributed by atoms with Crippen molar-refractivity contribution < 1.29 is 9.53 Å². The van der Waals surface area contributed by atoms with Crippen LogP contribution in [-0.2, 0) is 11.3 Å². The summed E-state index contributed by atoms with van der Waals surface area (Å²) in [6, 6.07) is 1.80. The van der Waals surface area contributed by atoms with Crippen LogP contribution in [0.4, 0.5) is 0 Å². The fourth-order valence-electron chi connectivity index (χ4n) is 1.14. The summed E-state index contributed by atoms with van der Waals surface area (Å²) in [4.78, 5) is 14.0. The van der Waals surface area contributed by atoms with Crippen LogP contribution in [0, 0.1) is 0 Å². The normalized spacial score (nSPS) is 11.5. The number of esters is 1. The molecule has 0 aliphatic carbocycles. The Bertz CT molecular complexity index is 337. The third-order valence-electron chi connectivity index (χ3n) is 1.97. The van der Waals surface area contributed by atoms with Gasteiger partial charge in [-0.15, -0.1) is 0 Å². The van der Waals surface area contributed by atoms with Gasteiger partial charge in [-0.3, -0.25) is 0 Å². The van der Waals surface area contributed by atoms with Crippen LogP contribution in [0.3, 0.4) is 0 Å². The van der Waals surface area contributed by atoms with E-state index in [1.807, 2.05) is 6.20 Å². The molecule has 84 valence electrons. The standard InChI is InChI=1S/C11H18N2O2/c1-11(2,3)13-7-8-5-9(12-6-8)10(14)15-4/h5-6,12-13H,7H2,1-4H3. The number of methoxy groups -OCH3 is 1. The van der Waals surface area contributed by atoms with Gasteiger partial charge in [-0.1, -0.05) is 0 Å².